The maximum absolute atomic E-state index is 5.04. The fourth-order valence-corrected chi connectivity index (χ4v) is 1.18. The minimum Gasteiger partial charge on any atom is -0.383 e. The summed E-state index contributed by atoms with van der Waals surface area (Å²) in [5, 5.41) is 13.2. The van der Waals surface area contributed by atoms with Gasteiger partial charge >= 0.3 is 0 Å². The fraction of sp³-hybridized carbons (Fsp3) is 0.625. The molecule has 0 bridgehead atoms. The molecule has 1 rings (SSSR count). The number of hydrogen-bond acceptors (Lipinski definition) is 4. The first-order valence-corrected chi connectivity index (χ1v) is 5.08. The Morgan fingerprint density at radius 1 is 1.53 bits per heavy atom. The molecule has 0 fully saturated rings. The van der Waals surface area contributed by atoms with Crippen molar-refractivity contribution >= 4 is 17.3 Å². The average molecular weight is 229 g/mol. The van der Waals surface area contributed by atoms with Gasteiger partial charge in [-0.15, -0.1) is 0 Å². The molecule has 3 N–H and O–H groups in total. The molecule has 1 aromatic rings. The Hall–Kier alpha value is -1.21. The number of nitrogens with one attached hydrogen (secondary N) is 3. The molecular weight excluding hydrogens is 214 g/mol. The number of thiocarbonyl (C=S) groups is 1. The summed E-state index contributed by atoms with van der Waals surface area (Å²) in [6, 6.07) is 0. The van der Waals surface area contributed by atoms with E-state index in [2.05, 4.69) is 25.8 Å². The summed E-state index contributed by atoms with van der Waals surface area (Å²) in [7, 11) is 1.65. The minimum absolute atomic E-state index is 0.631. The smallest absolute Gasteiger partial charge is 0.166 e. The summed E-state index contributed by atoms with van der Waals surface area (Å²) < 4.78 is 4.88. The number of aromatic nitrogens is 3. The second kappa shape index (κ2) is 7.13. The fourth-order valence-electron chi connectivity index (χ4n) is 0.975. The van der Waals surface area contributed by atoms with Gasteiger partial charge < -0.3 is 15.4 Å². The van der Waals surface area contributed by atoms with Crippen LogP contribution in [-0.2, 0) is 11.2 Å². The molecule has 0 radical (unpaired) electrons. The van der Waals surface area contributed by atoms with E-state index >= 15 is 0 Å². The molecule has 15 heavy (non-hydrogen) atoms. The standard InChI is InChI=1S/C8H15N5OS/c1-14-5-4-10-8(15)9-3-2-7-11-6-12-13-7/h6H,2-5H2,1H3,(H2,9,10,15)(H,11,12,13). The highest BCUT2D eigenvalue weighted by Gasteiger charge is 1.97. The van der Waals surface area contributed by atoms with Gasteiger partial charge in [0.1, 0.15) is 12.2 Å². The summed E-state index contributed by atoms with van der Waals surface area (Å²) in [6.07, 6.45) is 2.26. The predicted molar refractivity (Wildman–Crippen MR) is 60.6 cm³/mol. The van der Waals surface area contributed by atoms with Gasteiger partial charge in [0.2, 0.25) is 0 Å². The van der Waals surface area contributed by atoms with Crippen LogP contribution in [-0.4, -0.2) is 47.1 Å². The number of methoxy groups -OCH3 is 1. The van der Waals surface area contributed by atoms with Crippen LogP contribution in [0.15, 0.2) is 6.33 Å². The van der Waals surface area contributed by atoms with E-state index < -0.39 is 0 Å². The molecule has 0 aromatic carbocycles. The van der Waals surface area contributed by atoms with Crippen molar-refractivity contribution in [1.29, 1.82) is 0 Å². The van der Waals surface area contributed by atoms with Gasteiger partial charge in [-0.1, -0.05) is 0 Å². The van der Waals surface area contributed by atoms with Crippen LogP contribution in [0.5, 0.6) is 0 Å². The third-order valence-electron chi connectivity index (χ3n) is 1.70. The maximum Gasteiger partial charge on any atom is 0.166 e. The highest BCUT2D eigenvalue weighted by molar-refractivity contribution is 7.80. The van der Waals surface area contributed by atoms with Gasteiger partial charge in [-0.2, -0.15) is 5.10 Å². The van der Waals surface area contributed by atoms with Crippen LogP contribution < -0.4 is 10.6 Å². The number of hydrogen-bond donors (Lipinski definition) is 3. The normalized spacial score (nSPS) is 9.93. The van der Waals surface area contributed by atoms with E-state index in [0.29, 0.717) is 18.3 Å². The van der Waals surface area contributed by atoms with Gasteiger partial charge in [0.25, 0.3) is 0 Å². The van der Waals surface area contributed by atoms with Crippen LogP contribution in [0.1, 0.15) is 5.82 Å². The van der Waals surface area contributed by atoms with Crippen LogP contribution in [0.2, 0.25) is 0 Å². The molecule has 6 nitrogen and oxygen atoms in total. The first-order chi connectivity index (χ1) is 7.33. The molecule has 0 unspecified atom stereocenters. The number of nitrogens with zero attached hydrogens (tertiary/aromatic N) is 2. The quantitative estimate of drug-likeness (QED) is 0.449. The van der Waals surface area contributed by atoms with Crippen molar-refractivity contribution in [1.82, 2.24) is 25.8 Å². The van der Waals surface area contributed by atoms with Crippen LogP contribution in [0.4, 0.5) is 0 Å². The Morgan fingerprint density at radius 2 is 2.33 bits per heavy atom. The summed E-state index contributed by atoms with van der Waals surface area (Å²) >= 11 is 5.04. The molecule has 0 aliphatic heterocycles. The van der Waals surface area contributed by atoms with E-state index in [1.165, 1.54) is 6.33 Å². The summed E-state index contributed by atoms with van der Waals surface area (Å²) in [5.74, 6) is 0.849. The monoisotopic (exact) mass is 229 g/mol. The largest absolute Gasteiger partial charge is 0.383 e. The molecule has 0 amide bonds. The van der Waals surface area contributed by atoms with E-state index in [4.69, 9.17) is 17.0 Å². The number of rotatable bonds is 6. The van der Waals surface area contributed by atoms with Crippen molar-refractivity contribution < 1.29 is 4.74 Å². The van der Waals surface area contributed by atoms with E-state index in [0.717, 1.165) is 18.8 Å². The van der Waals surface area contributed by atoms with Gasteiger partial charge in [-0.25, -0.2) is 4.98 Å². The first-order valence-electron chi connectivity index (χ1n) is 4.68. The average Bonchev–Trinajstić information content (AvgIpc) is 2.71. The highest BCUT2D eigenvalue weighted by Crippen LogP contribution is 1.84. The first kappa shape index (κ1) is 11.9. The predicted octanol–water partition coefficient (Wildman–Crippen LogP) is -0.542. The SMILES string of the molecule is COCCNC(=S)NCCc1ncn[nH]1. The lowest BCUT2D eigenvalue weighted by molar-refractivity contribution is 0.204. The second-order valence-corrected chi connectivity index (χ2v) is 3.27. The molecule has 1 heterocycles. The van der Waals surface area contributed by atoms with Crippen LogP contribution in [0.25, 0.3) is 0 Å². The minimum atomic E-state index is 0.631. The summed E-state index contributed by atoms with van der Waals surface area (Å²) in [4.78, 5) is 4.00. The van der Waals surface area contributed by atoms with Crippen LogP contribution in [0, 0.1) is 0 Å². The topological polar surface area (TPSA) is 74.9 Å². The molecule has 0 saturated carbocycles. The van der Waals surface area contributed by atoms with E-state index in [1.54, 1.807) is 7.11 Å². The molecular formula is C8H15N5OS. The summed E-state index contributed by atoms with van der Waals surface area (Å²) in [6.45, 7) is 2.09. The second-order valence-electron chi connectivity index (χ2n) is 2.86. The molecule has 0 aliphatic carbocycles. The van der Waals surface area contributed by atoms with Crippen molar-refractivity contribution in [3.05, 3.63) is 12.2 Å². The number of H-pyrrole nitrogens is 1. The Morgan fingerprint density at radius 3 is 3.00 bits per heavy atom. The molecule has 0 atom stereocenters. The summed E-state index contributed by atoms with van der Waals surface area (Å²) in [5.41, 5.74) is 0. The molecule has 0 aliphatic rings. The zero-order chi connectivity index (χ0) is 10.9. The lowest BCUT2D eigenvalue weighted by Gasteiger charge is -2.08. The Balaban J connectivity index is 2.02. The van der Waals surface area contributed by atoms with E-state index in [-0.39, 0.29) is 0 Å². The molecule has 0 spiro atoms. The number of aromatic amines is 1. The van der Waals surface area contributed by atoms with Crippen molar-refractivity contribution in [2.75, 3.05) is 26.8 Å². The molecule has 1 aromatic heterocycles. The molecule has 84 valence electrons. The van der Waals surface area contributed by atoms with E-state index in [1.807, 2.05) is 0 Å². The van der Waals surface area contributed by atoms with Crippen molar-refractivity contribution in [2.24, 2.45) is 0 Å². The molecule has 7 heteroatoms. The Kier molecular flexibility index (Phi) is 5.64. The van der Waals surface area contributed by atoms with Gasteiger partial charge in [0.15, 0.2) is 5.11 Å². The van der Waals surface area contributed by atoms with Crippen molar-refractivity contribution in [3.63, 3.8) is 0 Å². The van der Waals surface area contributed by atoms with Gasteiger partial charge in [-0.3, -0.25) is 5.10 Å². The maximum atomic E-state index is 5.04. The molecule has 0 saturated heterocycles. The van der Waals surface area contributed by atoms with Gasteiger partial charge in [-0.05, 0) is 12.2 Å². The highest BCUT2D eigenvalue weighted by atomic mass is 32.1. The lowest BCUT2D eigenvalue weighted by Crippen LogP contribution is -2.38. The zero-order valence-electron chi connectivity index (χ0n) is 8.62. The lowest BCUT2D eigenvalue weighted by atomic mass is 10.4. The van der Waals surface area contributed by atoms with Crippen molar-refractivity contribution in [3.8, 4) is 0 Å². The Labute approximate surface area is 93.8 Å². The van der Waals surface area contributed by atoms with Gasteiger partial charge in [0.05, 0.1) is 6.61 Å². The van der Waals surface area contributed by atoms with E-state index in [9.17, 15) is 0 Å². The van der Waals surface area contributed by atoms with Crippen LogP contribution in [0.3, 0.4) is 0 Å². The van der Waals surface area contributed by atoms with Gasteiger partial charge in [0, 0.05) is 26.6 Å². The third kappa shape index (κ3) is 5.28. The number of ether oxygens (including phenoxy) is 1. The van der Waals surface area contributed by atoms with Crippen molar-refractivity contribution in [2.45, 2.75) is 6.42 Å². The Bertz CT molecular complexity index is 277. The third-order valence-corrected chi connectivity index (χ3v) is 1.99. The zero-order valence-corrected chi connectivity index (χ0v) is 9.43. The van der Waals surface area contributed by atoms with Crippen LogP contribution >= 0.6 is 12.2 Å².